The van der Waals surface area contributed by atoms with E-state index in [-0.39, 0.29) is 18.3 Å². The number of benzene rings is 2. The number of halogens is 1. The second-order valence-electron chi connectivity index (χ2n) is 7.64. The minimum Gasteiger partial charge on any atom is -0.550 e. The van der Waals surface area contributed by atoms with Gasteiger partial charge in [-0.1, -0.05) is 36.4 Å². The topological polar surface area (TPSA) is 85.5 Å². The average Bonchev–Trinajstić information content (AvgIpc) is 3.00. The maximum Gasteiger partial charge on any atom is 0.123 e. The number of fused-ring (bicyclic) bond motifs is 1. The second kappa shape index (κ2) is 9.24. The zero-order valence-electron chi connectivity index (χ0n) is 17.0. The Labute approximate surface area is 174 Å². The van der Waals surface area contributed by atoms with Crippen molar-refractivity contribution in [3.05, 3.63) is 66.1 Å². The third kappa shape index (κ3) is 4.78. The van der Waals surface area contributed by atoms with Crippen LogP contribution in [0.5, 0.6) is 0 Å². The normalized spacial score (nSPS) is 13.9. The summed E-state index contributed by atoms with van der Waals surface area (Å²) in [6, 6.07) is 14.3. The number of nitrogens with zero attached hydrogens (tertiary/aromatic N) is 1. The van der Waals surface area contributed by atoms with E-state index in [1.165, 1.54) is 12.1 Å². The number of hydrogen-bond donors (Lipinski definition) is 2. The predicted octanol–water partition coefficient (Wildman–Crippen LogP) is 3.29. The van der Waals surface area contributed by atoms with Gasteiger partial charge in [-0.05, 0) is 43.7 Å². The molecule has 0 saturated carbocycles. The Morgan fingerprint density at radius 3 is 2.43 bits per heavy atom. The smallest absolute Gasteiger partial charge is 0.123 e. The van der Waals surface area contributed by atoms with E-state index >= 15 is 0 Å². The van der Waals surface area contributed by atoms with E-state index in [2.05, 4.69) is 18.4 Å². The molecule has 0 fully saturated rings. The second-order valence-corrected chi connectivity index (χ2v) is 7.64. The quantitative estimate of drug-likeness (QED) is 0.597. The van der Waals surface area contributed by atoms with Crippen LogP contribution in [-0.2, 0) is 4.79 Å². The number of aliphatic hydroxyl groups is 2. The van der Waals surface area contributed by atoms with E-state index in [9.17, 15) is 24.5 Å². The molecule has 2 atom stereocenters. The summed E-state index contributed by atoms with van der Waals surface area (Å²) < 4.78 is 15.6. The van der Waals surface area contributed by atoms with Gasteiger partial charge in [0, 0.05) is 47.0 Å². The fraction of sp³-hybridized carbons (Fsp3) is 0.292. The number of aliphatic carboxylic acids is 1. The molecule has 3 rings (SSSR count). The first-order valence-corrected chi connectivity index (χ1v) is 9.91. The molecule has 0 aliphatic carbocycles. The van der Waals surface area contributed by atoms with Crippen molar-refractivity contribution in [1.82, 2.24) is 4.57 Å². The summed E-state index contributed by atoms with van der Waals surface area (Å²) in [5.74, 6) is -1.68. The zero-order valence-corrected chi connectivity index (χ0v) is 17.0. The van der Waals surface area contributed by atoms with Gasteiger partial charge in [-0.15, -0.1) is 0 Å². The predicted molar refractivity (Wildman–Crippen MR) is 113 cm³/mol. The van der Waals surface area contributed by atoms with Crippen molar-refractivity contribution < 1.29 is 24.5 Å². The molecule has 0 aliphatic heterocycles. The van der Waals surface area contributed by atoms with Crippen LogP contribution in [0, 0.1) is 5.82 Å². The first-order chi connectivity index (χ1) is 14.3. The van der Waals surface area contributed by atoms with Gasteiger partial charge in [0.25, 0.3) is 0 Å². The highest BCUT2D eigenvalue weighted by Crippen LogP contribution is 2.38. The zero-order chi connectivity index (χ0) is 21.8. The standard InChI is InChI=1S/C24H26FNO4/c1-15(2)26-21-6-4-3-5-20(21)24(16-7-9-17(25)10-8-16)22(26)12-11-18(27)13-19(28)14-23(29)30/h3-12,15,18-19,27-28H,13-14H2,1-2H3,(H,29,30)/p-1/b12-11+/t18?,19-/m1/s1. The Kier molecular flexibility index (Phi) is 6.70. The van der Waals surface area contributed by atoms with Gasteiger partial charge in [0.1, 0.15) is 5.82 Å². The van der Waals surface area contributed by atoms with Gasteiger partial charge in [0.05, 0.1) is 12.2 Å². The highest BCUT2D eigenvalue weighted by Gasteiger charge is 2.19. The lowest BCUT2D eigenvalue weighted by atomic mass is 10.0. The van der Waals surface area contributed by atoms with Crippen molar-refractivity contribution in [1.29, 1.82) is 0 Å². The molecule has 0 bridgehead atoms. The third-order valence-corrected chi connectivity index (χ3v) is 4.99. The number of carbonyl (C=O) groups excluding carboxylic acids is 1. The van der Waals surface area contributed by atoms with Gasteiger partial charge in [0.2, 0.25) is 0 Å². The summed E-state index contributed by atoms with van der Waals surface area (Å²) in [7, 11) is 0. The Balaban J connectivity index is 2.08. The summed E-state index contributed by atoms with van der Waals surface area (Å²) in [6.45, 7) is 4.11. The molecule has 0 amide bonds. The van der Waals surface area contributed by atoms with Crippen molar-refractivity contribution >= 4 is 22.9 Å². The number of aliphatic hydroxyl groups excluding tert-OH is 2. The van der Waals surface area contributed by atoms with Crippen molar-refractivity contribution in [2.75, 3.05) is 0 Å². The van der Waals surface area contributed by atoms with Crippen LogP contribution < -0.4 is 5.11 Å². The lowest BCUT2D eigenvalue weighted by molar-refractivity contribution is -0.307. The van der Waals surface area contributed by atoms with E-state index in [0.29, 0.717) is 0 Å². The maximum absolute atomic E-state index is 13.5. The molecule has 0 spiro atoms. The molecule has 30 heavy (non-hydrogen) atoms. The SMILES string of the molecule is CC(C)n1c(/C=C/C(O)C[C@@H](O)CC(=O)[O-])c(-c2ccc(F)cc2)c2ccccc21. The van der Waals surface area contributed by atoms with Crippen molar-refractivity contribution in [2.24, 2.45) is 0 Å². The lowest BCUT2D eigenvalue weighted by Crippen LogP contribution is -2.29. The van der Waals surface area contributed by atoms with Gasteiger partial charge in [-0.25, -0.2) is 4.39 Å². The van der Waals surface area contributed by atoms with Crippen molar-refractivity contribution in [3.63, 3.8) is 0 Å². The number of rotatable bonds is 8. The minimum absolute atomic E-state index is 0.113. The summed E-state index contributed by atoms with van der Waals surface area (Å²) in [4.78, 5) is 10.6. The van der Waals surface area contributed by atoms with Crippen LogP contribution in [0.4, 0.5) is 4.39 Å². The van der Waals surface area contributed by atoms with E-state index in [0.717, 1.165) is 27.7 Å². The molecule has 0 radical (unpaired) electrons. The van der Waals surface area contributed by atoms with Gasteiger partial charge in [-0.3, -0.25) is 0 Å². The fourth-order valence-electron chi connectivity index (χ4n) is 3.76. The number of aromatic nitrogens is 1. The number of hydrogen-bond acceptors (Lipinski definition) is 4. The molecule has 1 heterocycles. The monoisotopic (exact) mass is 410 g/mol. The molecular formula is C24H25FNO4-. The van der Waals surface area contributed by atoms with Crippen LogP contribution in [0.3, 0.4) is 0 Å². The molecule has 5 nitrogen and oxygen atoms in total. The Morgan fingerprint density at radius 1 is 1.13 bits per heavy atom. The van der Waals surface area contributed by atoms with Crippen molar-refractivity contribution in [2.45, 2.75) is 44.9 Å². The molecule has 3 aromatic rings. The van der Waals surface area contributed by atoms with Gasteiger partial charge < -0.3 is 24.7 Å². The summed E-state index contributed by atoms with van der Waals surface area (Å²) >= 11 is 0. The van der Waals surface area contributed by atoms with E-state index in [1.807, 2.05) is 24.3 Å². The maximum atomic E-state index is 13.5. The Bertz CT molecular complexity index is 1050. The first-order valence-electron chi connectivity index (χ1n) is 9.91. The largest absolute Gasteiger partial charge is 0.550 e. The number of carboxylic acids is 1. The van der Waals surface area contributed by atoms with Gasteiger partial charge in [-0.2, -0.15) is 0 Å². The van der Waals surface area contributed by atoms with Crippen LogP contribution >= 0.6 is 0 Å². The van der Waals surface area contributed by atoms with Crippen LogP contribution in [0.1, 0.15) is 38.4 Å². The summed E-state index contributed by atoms with van der Waals surface area (Å²) in [5.41, 5.74) is 3.61. The molecule has 0 aliphatic rings. The molecule has 1 aromatic heterocycles. The molecule has 6 heteroatoms. The lowest BCUT2D eigenvalue weighted by Gasteiger charge is -2.15. The average molecular weight is 410 g/mol. The fourth-order valence-corrected chi connectivity index (χ4v) is 3.76. The Morgan fingerprint density at radius 2 is 1.80 bits per heavy atom. The molecule has 1 unspecified atom stereocenters. The highest BCUT2D eigenvalue weighted by molar-refractivity contribution is 6.01. The van der Waals surface area contributed by atoms with Crippen LogP contribution in [0.2, 0.25) is 0 Å². The molecule has 2 aromatic carbocycles. The van der Waals surface area contributed by atoms with Crippen LogP contribution in [-0.4, -0.2) is 33.0 Å². The molecule has 0 saturated heterocycles. The molecule has 158 valence electrons. The molecular weight excluding hydrogens is 385 g/mol. The van der Waals surface area contributed by atoms with Crippen LogP contribution in [0.25, 0.3) is 28.1 Å². The Hall–Kier alpha value is -2.96. The number of para-hydroxylation sites is 1. The highest BCUT2D eigenvalue weighted by atomic mass is 19.1. The van der Waals surface area contributed by atoms with E-state index in [1.54, 1.807) is 24.3 Å². The minimum atomic E-state index is -1.36. The third-order valence-electron chi connectivity index (χ3n) is 4.99. The van der Waals surface area contributed by atoms with Gasteiger partial charge >= 0.3 is 0 Å². The number of carboxylic acid groups (broad SMARTS) is 1. The van der Waals surface area contributed by atoms with E-state index in [4.69, 9.17) is 0 Å². The first kappa shape index (κ1) is 21.7. The molecule has 2 N–H and O–H groups in total. The van der Waals surface area contributed by atoms with Crippen molar-refractivity contribution in [3.8, 4) is 11.1 Å². The summed E-state index contributed by atoms with van der Waals surface area (Å²) in [6.07, 6.45) is 0.450. The number of carbonyl (C=O) groups is 1. The van der Waals surface area contributed by atoms with E-state index < -0.39 is 24.6 Å². The van der Waals surface area contributed by atoms with Crippen LogP contribution in [0.15, 0.2) is 54.6 Å². The van der Waals surface area contributed by atoms with Gasteiger partial charge in [0.15, 0.2) is 0 Å². The summed E-state index contributed by atoms with van der Waals surface area (Å²) in [5, 5.41) is 31.6.